The Morgan fingerprint density at radius 3 is 2.63 bits per heavy atom. The maximum absolute atomic E-state index is 11.9. The SMILES string of the molecule is CN(C(=O)OC(C)(C)C)C1CN(c2cnccn2)C1. The summed E-state index contributed by atoms with van der Waals surface area (Å²) in [6.07, 6.45) is 4.76. The first-order valence-corrected chi connectivity index (χ1v) is 6.33. The molecule has 1 amide bonds. The highest BCUT2D eigenvalue weighted by atomic mass is 16.6. The number of carbonyl (C=O) groups excluding carboxylic acids is 1. The van der Waals surface area contributed by atoms with Crippen LogP contribution in [0.4, 0.5) is 10.6 Å². The zero-order valence-corrected chi connectivity index (χ0v) is 11.8. The van der Waals surface area contributed by atoms with Crippen molar-refractivity contribution in [3.63, 3.8) is 0 Å². The number of carbonyl (C=O) groups is 1. The predicted molar refractivity (Wildman–Crippen MR) is 72.0 cm³/mol. The van der Waals surface area contributed by atoms with Gasteiger partial charge in [0.25, 0.3) is 0 Å². The minimum absolute atomic E-state index is 0.164. The van der Waals surface area contributed by atoms with Gasteiger partial charge in [0, 0.05) is 32.5 Å². The topological polar surface area (TPSA) is 58.6 Å². The molecule has 0 saturated carbocycles. The zero-order chi connectivity index (χ0) is 14.0. The van der Waals surface area contributed by atoms with E-state index in [-0.39, 0.29) is 12.1 Å². The van der Waals surface area contributed by atoms with Crippen LogP contribution in [0.25, 0.3) is 0 Å². The monoisotopic (exact) mass is 264 g/mol. The lowest BCUT2D eigenvalue weighted by Gasteiger charge is -2.44. The van der Waals surface area contributed by atoms with Gasteiger partial charge in [0.2, 0.25) is 0 Å². The van der Waals surface area contributed by atoms with Crippen molar-refractivity contribution in [1.29, 1.82) is 0 Å². The Hall–Kier alpha value is -1.85. The van der Waals surface area contributed by atoms with E-state index in [1.807, 2.05) is 20.8 Å². The smallest absolute Gasteiger partial charge is 0.410 e. The van der Waals surface area contributed by atoms with Crippen LogP contribution in [-0.4, -0.2) is 52.7 Å². The first kappa shape index (κ1) is 13.6. The lowest BCUT2D eigenvalue weighted by molar-refractivity contribution is 0.0196. The summed E-state index contributed by atoms with van der Waals surface area (Å²) >= 11 is 0. The Labute approximate surface area is 113 Å². The second-order valence-corrected chi connectivity index (χ2v) is 5.71. The summed E-state index contributed by atoms with van der Waals surface area (Å²) in [6.45, 7) is 7.12. The van der Waals surface area contributed by atoms with E-state index in [0.717, 1.165) is 18.9 Å². The molecule has 1 fully saturated rings. The van der Waals surface area contributed by atoms with Crippen molar-refractivity contribution in [2.45, 2.75) is 32.4 Å². The Morgan fingerprint density at radius 2 is 2.11 bits per heavy atom. The van der Waals surface area contributed by atoms with Crippen LogP contribution in [-0.2, 0) is 4.74 Å². The number of hydrogen-bond donors (Lipinski definition) is 0. The first-order valence-electron chi connectivity index (χ1n) is 6.33. The van der Waals surface area contributed by atoms with Gasteiger partial charge in [-0.25, -0.2) is 9.78 Å². The lowest BCUT2D eigenvalue weighted by Crippen LogP contribution is -2.60. The van der Waals surface area contributed by atoms with E-state index in [2.05, 4.69) is 14.9 Å². The molecule has 0 unspecified atom stereocenters. The van der Waals surface area contributed by atoms with Gasteiger partial charge in [-0.2, -0.15) is 0 Å². The van der Waals surface area contributed by atoms with Crippen LogP contribution >= 0.6 is 0 Å². The maximum atomic E-state index is 11.9. The Kier molecular flexibility index (Phi) is 3.59. The van der Waals surface area contributed by atoms with E-state index >= 15 is 0 Å². The second kappa shape index (κ2) is 5.03. The molecule has 1 aromatic heterocycles. The summed E-state index contributed by atoms with van der Waals surface area (Å²) < 4.78 is 5.34. The molecule has 1 saturated heterocycles. The van der Waals surface area contributed by atoms with Crippen molar-refractivity contribution >= 4 is 11.9 Å². The molecule has 1 aromatic rings. The van der Waals surface area contributed by atoms with E-state index in [9.17, 15) is 4.79 Å². The number of hydrogen-bond acceptors (Lipinski definition) is 5. The van der Waals surface area contributed by atoms with Gasteiger partial charge in [-0.1, -0.05) is 0 Å². The third kappa shape index (κ3) is 3.33. The molecule has 6 nitrogen and oxygen atoms in total. The number of nitrogens with zero attached hydrogens (tertiary/aromatic N) is 4. The van der Waals surface area contributed by atoms with Crippen LogP contribution in [0.5, 0.6) is 0 Å². The minimum atomic E-state index is -0.459. The van der Waals surface area contributed by atoms with Crippen molar-refractivity contribution < 1.29 is 9.53 Å². The molecular weight excluding hydrogens is 244 g/mol. The Bertz CT molecular complexity index is 438. The molecule has 104 valence electrons. The highest BCUT2D eigenvalue weighted by Crippen LogP contribution is 2.21. The van der Waals surface area contributed by atoms with Crippen LogP contribution in [0.2, 0.25) is 0 Å². The third-order valence-corrected chi connectivity index (χ3v) is 2.97. The van der Waals surface area contributed by atoms with Gasteiger partial charge >= 0.3 is 6.09 Å². The summed E-state index contributed by atoms with van der Waals surface area (Å²) in [5.41, 5.74) is -0.459. The van der Waals surface area contributed by atoms with Gasteiger partial charge in [-0.3, -0.25) is 4.98 Å². The molecule has 1 aliphatic rings. The number of ether oxygens (including phenoxy) is 1. The van der Waals surface area contributed by atoms with Crippen molar-refractivity contribution in [2.24, 2.45) is 0 Å². The van der Waals surface area contributed by atoms with Crippen molar-refractivity contribution in [1.82, 2.24) is 14.9 Å². The lowest BCUT2D eigenvalue weighted by atomic mass is 10.1. The van der Waals surface area contributed by atoms with Gasteiger partial charge in [0.1, 0.15) is 11.4 Å². The second-order valence-electron chi connectivity index (χ2n) is 5.71. The average Bonchev–Trinajstić information content (AvgIpc) is 2.26. The quantitative estimate of drug-likeness (QED) is 0.810. The Morgan fingerprint density at radius 1 is 1.42 bits per heavy atom. The van der Waals surface area contributed by atoms with E-state index in [4.69, 9.17) is 4.74 Å². The molecule has 0 N–H and O–H groups in total. The molecule has 0 atom stereocenters. The van der Waals surface area contributed by atoms with E-state index < -0.39 is 5.60 Å². The van der Waals surface area contributed by atoms with Crippen LogP contribution in [0.1, 0.15) is 20.8 Å². The molecule has 0 bridgehead atoms. The standard InChI is InChI=1S/C13H20N4O2/c1-13(2,3)19-12(18)16(4)10-8-17(9-10)11-7-14-5-6-15-11/h5-7,10H,8-9H2,1-4H3. The van der Waals surface area contributed by atoms with Crippen LogP contribution < -0.4 is 4.90 Å². The third-order valence-electron chi connectivity index (χ3n) is 2.97. The van der Waals surface area contributed by atoms with Crippen LogP contribution in [0, 0.1) is 0 Å². The van der Waals surface area contributed by atoms with Gasteiger partial charge in [0.05, 0.1) is 12.2 Å². The number of likely N-dealkylation sites (N-methyl/N-ethyl adjacent to an activating group) is 1. The molecule has 19 heavy (non-hydrogen) atoms. The summed E-state index contributed by atoms with van der Waals surface area (Å²) in [6, 6.07) is 0.164. The van der Waals surface area contributed by atoms with Crippen LogP contribution in [0.15, 0.2) is 18.6 Å². The first-order chi connectivity index (χ1) is 8.87. The van der Waals surface area contributed by atoms with Gasteiger partial charge in [-0.15, -0.1) is 0 Å². The van der Waals surface area contributed by atoms with Crippen LogP contribution in [0.3, 0.4) is 0 Å². The van der Waals surface area contributed by atoms with Gasteiger partial charge in [0.15, 0.2) is 0 Å². The van der Waals surface area contributed by atoms with E-state index in [0.29, 0.717) is 0 Å². The summed E-state index contributed by atoms with van der Waals surface area (Å²) in [5, 5.41) is 0. The molecule has 0 aliphatic carbocycles. The highest BCUT2D eigenvalue weighted by Gasteiger charge is 2.35. The van der Waals surface area contributed by atoms with Crippen molar-refractivity contribution in [3.05, 3.63) is 18.6 Å². The van der Waals surface area contributed by atoms with Crippen molar-refractivity contribution in [3.8, 4) is 0 Å². The summed E-state index contributed by atoms with van der Waals surface area (Å²) in [4.78, 5) is 23.9. The van der Waals surface area contributed by atoms with Gasteiger partial charge in [-0.05, 0) is 20.8 Å². The van der Waals surface area contributed by atoms with E-state index in [1.54, 1.807) is 30.5 Å². The average molecular weight is 264 g/mol. The fourth-order valence-electron chi connectivity index (χ4n) is 1.82. The molecule has 2 rings (SSSR count). The summed E-state index contributed by atoms with van der Waals surface area (Å²) in [5.74, 6) is 0.844. The molecule has 2 heterocycles. The van der Waals surface area contributed by atoms with Gasteiger partial charge < -0.3 is 14.5 Å². The van der Waals surface area contributed by atoms with E-state index in [1.165, 1.54) is 0 Å². The maximum Gasteiger partial charge on any atom is 0.410 e. The molecule has 0 spiro atoms. The number of aromatic nitrogens is 2. The molecule has 0 radical (unpaired) electrons. The minimum Gasteiger partial charge on any atom is -0.444 e. The summed E-state index contributed by atoms with van der Waals surface area (Å²) in [7, 11) is 1.77. The fraction of sp³-hybridized carbons (Fsp3) is 0.615. The molecule has 1 aliphatic heterocycles. The number of rotatable bonds is 2. The highest BCUT2D eigenvalue weighted by molar-refractivity contribution is 5.69. The normalized spacial score (nSPS) is 15.9. The molecule has 0 aromatic carbocycles. The fourth-order valence-corrected chi connectivity index (χ4v) is 1.82. The number of amides is 1. The molecule has 6 heteroatoms. The number of anilines is 1. The predicted octanol–water partition coefficient (Wildman–Crippen LogP) is 1.53. The largest absolute Gasteiger partial charge is 0.444 e. The molecular formula is C13H20N4O2. The Balaban J connectivity index is 1.85. The van der Waals surface area contributed by atoms with Crippen molar-refractivity contribution in [2.75, 3.05) is 25.0 Å². The zero-order valence-electron chi connectivity index (χ0n) is 11.8.